The summed E-state index contributed by atoms with van der Waals surface area (Å²) in [6.45, 7) is 5.84. The standard InChI is InChI=1S/C23H31N3O3S/c1-16-17(2)26(20-12-5-4-6-13-20)23(24-16)30(28,29)18(3)22(27)25-15-9-11-19-10-7-8-14-21(19)25/h7-8,10,14,18,20H,4-6,9,11-13,15H2,1-3H3. The molecule has 0 bridgehead atoms. The number of benzene rings is 1. The van der Waals surface area contributed by atoms with Gasteiger partial charge in [-0.2, -0.15) is 0 Å². The molecular weight excluding hydrogens is 398 g/mol. The van der Waals surface area contributed by atoms with Crippen molar-refractivity contribution in [1.29, 1.82) is 0 Å². The van der Waals surface area contributed by atoms with Crippen molar-refractivity contribution in [3.63, 3.8) is 0 Å². The maximum absolute atomic E-state index is 13.6. The van der Waals surface area contributed by atoms with Crippen molar-refractivity contribution in [2.75, 3.05) is 11.4 Å². The van der Waals surface area contributed by atoms with Crippen LogP contribution < -0.4 is 4.90 Å². The van der Waals surface area contributed by atoms with E-state index < -0.39 is 15.1 Å². The number of nitrogens with zero attached hydrogens (tertiary/aromatic N) is 3. The number of rotatable bonds is 4. The lowest BCUT2D eigenvalue weighted by Crippen LogP contribution is -2.44. The third-order valence-corrected chi connectivity index (χ3v) is 8.67. The minimum absolute atomic E-state index is 0.0653. The summed E-state index contributed by atoms with van der Waals surface area (Å²) < 4.78 is 29.2. The molecule has 0 N–H and O–H groups in total. The van der Waals surface area contributed by atoms with Crippen molar-refractivity contribution in [1.82, 2.24) is 9.55 Å². The molecule has 2 aromatic rings. The first-order valence-corrected chi connectivity index (χ1v) is 12.6. The van der Waals surface area contributed by atoms with E-state index >= 15 is 0 Å². The highest BCUT2D eigenvalue weighted by Gasteiger charge is 2.39. The zero-order valence-corrected chi connectivity index (χ0v) is 18.9. The van der Waals surface area contributed by atoms with Crippen molar-refractivity contribution < 1.29 is 13.2 Å². The Morgan fingerprint density at radius 2 is 1.80 bits per heavy atom. The Morgan fingerprint density at radius 1 is 1.10 bits per heavy atom. The van der Waals surface area contributed by atoms with Gasteiger partial charge in [-0.1, -0.05) is 37.5 Å². The summed E-state index contributed by atoms with van der Waals surface area (Å²) in [7, 11) is -3.91. The number of anilines is 1. The van der Waals surface area contributed by atoms with Crippen LogP contribution in [0.1, 0.15) is 68.4 Å². The molecule has 1 amide bonds. The molecule has 1 aliphatic heterocycles. The van der Waals surface area contributed by atoms with Crippen LogP contribution in [0, 0.1) is 13.8 Å². The number of sulfone groups is 1. The molecule has 0 radical (unpaired) electrons. The fourth-order valence-corrected chi connectivity index (χ4v) is 6.37. The van der Waals surface area contributed by atoms with Gasteiger partial charge in [-0.3, -0.25) is 4.79 Å². The van der Waals surface area contributed by atoms with Gasteiger partial charge in [-0.15, -0.1) is 0 Å². The molecule has 1 aromatic carbocycles. The van der Waals surface area contributed by atoms with Crippen molar-refractivity contribution in [3.05, 3.63) is 41.2 Å². The molecule has 0 saturated heterocycles. The molecule has 6 nitrogen and oxygen atoms in total. The zero-order chi connectivity index (χ0) is 21.5. The number of para-hydroxylation sites is 1. The minimum atomic E-state index is -3.91. The van der Waals surface area contributed by atoms with Crippen molar-refractivity contribution in [2.45, 2.75) is 82.2 Å². The molecule has 1 aromatic heterocycles. The Labute approximate surface area is 179 Å². The maximum Gasteiger partial charge on any atom is 0.245 e. The number of carbonyl (C=O) groups is 1. The summed E-state index contributed by atoms with van der Waals surface area (Å²) in [6, 6.07) is 7.91. The molecule has 1 fully saturated rings. The van der Waals surface area contributed by atoms with Gasteiger partial charge < -0.3 is 9.47 Å². The summed E-state index contributed by atoms with van der Waals surface area (Å²) in [5, 5.41) is -1.11. The van der Waals surface area contributed by atoms with Gasteiger partial charge in [0.1, 0.15) is 5.25 Å². The highest BCUT2D eigenvalue weighted by Crippen LogP contribution is 2.34. The van der Waals surface area contributed by atoms with Crippen molar-refractivity contribution >= 4 is 21.4 Å². The molecule has 0 spiro atoms. The lowest BCUT2D eigenvalue weighted by Gasteiger charge is -2.31. The second-order valence-electron chi connectivity index (χ2n) is 8.64. The Bertz CT molecular complexity index is 1050. The number of hydrogen-bond acceptors (Lipinski definition) is 4. The van der Waals surface area contributed by atoms with Gasteiger partial charge in [0.05, 0.1) is 5.69 Å². The lowest BCUT2D eigenvalue weighted by molar-refractivity contribution is -0.118. The van der Waals surface area contributed by atoms with Crippen LogP contribution in [0.5, 0.6) is 0 Å². The van der Waals surface area contributed by atoms with E-state index in [0.29, 0.717) is 6.54 Å². The van der Waals surface area contributed by atoms with Gasteiger partial charge in [-0.05, 0) is 58.1 Å². The van der Waals surface area contributed by atoms with Crippen LogP contribution in [-0.2, 0) is 21.1 Å². The third-order valence-electron chi connectivity index (χ3n) is 6.74. The number of carbonyl (C=O) groups excluding carboxylic acids is 1. The van der Waals surface area contributed by atoms with Crippen LogP contribution in [-0.4, -0.2) is 35.7 Å². The Balaban J connectivity index is 1.69. The number of imidazole rings is 1. The first-order valence-electron chi connectivity index (χ1n) is 11.0. The molecule has 4 rings (SSSR count). The first-order chi connectivity index (χ1) is 14.3. The molecule has 7 heteroatoms. The van der Waals surface area contributed by atoms with Crippen LogP contribution in [0.2, 0.25) is 0 Å². The van der Waals surface area contributed by atoms with E-state index in [9.17, 15) is 13.2 Å². The zero-order valence-electron chi connectivity index (χ0n) is 18.1. The van der Waals surface area contributed by atoms with E-state index in [-0.39, 0.29) is 17.1 Å². The molecule has 2 heterocycles. The summed E-state index contributed by atoms with van der Waals surface area (Å²) >= 11 is 0. The van der Waals surface area contributed by atoms with E-state index in [1.807, 2.05) is 42.7 Å². The molecule has 2 aliphatic rings. The number of hydrogen-bond donors (Lipinski definition) is 0. The lowest BCUT2D eigenvalue weighted by atomic mass is 9.95. The molecule has 1 unspecified atom stereocenters. The molecule has 1 aliphatic carbocycles. The predicted octanol–water partition coefficient (Wildman–Crippen LogP) is 4.15. The maximum atomic E-state index is 13.6. The third kappa shape index (κ3) is 3.57. The molecule has 162 valence electrons. The van der Waals surface area contributed by atoms with Gasteiger partial charge in [0.15, 0.2) is 0 Å². The average Bonchev–Trinajstić information content (AvgIpc) is 3.08. The van der Waals surface area contributed by atoms with Crippen LogP contribution in [0.25, 0.3) is 0 Å². The number of aromatic nitrogens is 2. The minimum Gasteiger partial charge on any atom is -0.316 e. The van der Waals surface area contributed by atoms with Gasteiger partial charge in [0.2, 0.25) is 20.9 Å². The van der Waals surface area contributed by atoms with Crippen molar-refractivity contribution in [3.8, 4) is 0 Å². The molecule has 30 heavy (non-hydrogen) atoms. The van der Waals surface area contributed by atoms with Gasteiger partial charge in [0.25, 0.3) is 0 Å². The van der Waals surface area contributed by atoms with E-state index in [0.717, 1.165) is 61.2 Å². The number of amides is 1. The topological polar surface area (TPSA) is 72.3 Å². The van der Waals surface area contributed by atoms with Crippen LogP contribution in [0.4, 0.5) is 5.69 Å². The van der Waals surface area contributed by atoms with Gasteiger partial charge in [0, 0.05) is 24.0 Å². The number of aryl methyl sites for hydroxylation is 2. The molecular formula is C23H31N3O3S. The monoisotopic (exact) mass is 429 g/mol. The second-order valence-corrected chi connectivity index (χ2v) is 10.8. The fourth-order valence-electron chi connectivity index (χ4n) is 4.84. The van der Waals surface area contributed by atoms with E-state index in [1.165, 1.54) is 13.3 Å². The summed E-state index contributed by atoms with van der Waals surface area (Å²) in [4.78, 5) is 19.5. The summed E-state index contributed by atoms with van der Waals surface area (Å²) in [6.07, 6.45) is 7.05. The largest absolute Gasteiger partial charge is 0.316 e. The summed E-state index contributed by atoms with van der Waals surface area (Å²) in [5.74, 6) is -0.365. The smallest absolute Gasteiger partial charge is 0.245 e. The van der Waals surface area contributed by atoms with E-state index in [2.05, 4.69) is 4.98 Å². The Morgan fingerprint density at radius 3 is 2.53 bits per heavy atom. The Hall–Kier alpha value is -2.15. The SMILES string of the molecule is Cc1nc(S(=O)(=O)C(C)C(=O)N2CCCc3ccccc32)n(C2CCCCC2)c1C. The quantitative estimate of drug-likeness (QED) is 0.732. The molecule has 1 atom stereocenters. The van der Waals surface area contributed by atoms with Crippen molar-refractivity contribution in [2.24, 2.45) is 0 Å². The summed E-state index contributed by atoms with van der Waals surface area (Å²) in [5.41, 5.74) is 3.54. The highest BCUT2D eigenvalue weighted by molar-refractivity contribution is 7.92. The highest BCUT2D eigenvalue weighted by atomic mass is 32.2. The van der Waals surface area contributed by atoms with Crippen LogP contribution in [0.3, 0.4) is 0 Å². The Kier molecular flexibility index (Phi) is 5.75. The van der Waals surface area contributed by atoms with Gasteiger partial charge >= 0.3 is 0 Å². The predicted molar refractivity (Wildman–Crippen MR) is 118 cm³/mol. The van der Waals surface area contributed by atoms with Crippen LogP contribution >= 0.6 is 0 Å². The second kappa shape index (κ2) is 8.17. The van der Waals surface area contributed by atoms with E-state index in [1.54, 1.807) is 4.90 Å². The fraction of sp³-hybridized carbons (Fsp3) is 0.565. The molecule has 1 saturated carbocycles. The number of fused-ring (bicyclic) bond motifs is 1. The normalized spacial score (nSPS) is 18.8. The van der Waals surface area contributed by atoms with Gasteiger partial charge in [-0.25, -0.2) is 13.4 Å². The van der Waals surface area contributed by atoms with Crippen LogP contribution in [0.15, 0.2) is 29.4 Å². The first kappa shape index (κ1) is 21.1. The average molecular weight is 430 g/mol. The van der Waals surface area contributed by atoms with E-state index in [4.69, 9.17) is 0 Å².